The van der Waals surface area contributed by atoms with E-state index in [9.17, 15) is 4.79 Å². The van der Waals surface area contributed by atoms with E-state index in [4.69, 9.17) is 4.74 Å². The van der Waals surface area contributed by atoms with E-state index in [1.54, 1.807) is 35.4 Å². The van der Waals surface area contributed by atoms with Crippen LogP contribution in [0.4, 0.5) is 16.4 Å². The number of aromatic nitrogens is 4. The lowest BCUT2D eigenvalue weighted by Crippen LogP contribution is -2.48. The van der Waals surface area contributed by atoms with Crippen LogP contribution in [0.15, 0.2) is 24.7 Å². The maximum absolute atomic E-state index is 12.0. The molecule has 4 rings (SSSR count). The van der Waals surface area contributed by atoms with Gasteiger partial charge in [-0.2, -0.15) is 10.1 Å². The molecule has 9 nitrogen and oxygen atoms in total. The minimum atomic E-state index is 0.0227. The lowest BCUT2D eigenvalue weighted by atomic mass is 10.1. The zero-order valence-corrected chi connectivity index (χ0v) is 13.7. The molecule has 0 aromatic carbocycles. The molecule has 2 saturated heterocycles. The molecule has 0 bridgehead atoms. The first-order valence-corrected chi connectivity index (χ1v) is 7.84. The van der Waals surface area contributed by atoms with E-state index in [1.165, 1.54) is 0 Å². The number of hydrogen-bond donors (Lipinski definition) is 0. The number of urea groups is 1. The zero-order chi connectivity index (χ0) is 16.7. The zero-order valence-electron chi connectivity index (χ0n) is 13.7. The molecule has 0 unspecified atom stereocenters. The predicted molar refractivity (Wildman–Crippen MR) is 87.4 cm³/mol. The highest BCUT2D eigenvalue weighted by Gasteiger charge is 2.32. The van der Waals surface area contributed by atoms with E-state index >= 15 is 0 Å². The van der Waals surface area contributed by atoms with Crippen LogP contribution in [0, 0.1) is 0 Å². The lowest BCUT2D eigenvalue weighted by Gasteiger charge is -2.39. The summed E-state index contributed by atoms with van der Waals surface area (Å²) in [5.41, 5.74) is 0.848. The van der Waals surface area contributed by atoms with Crippen molar-refractivity contribution in [2.45, 2.75) is 6.04 Å². The maximum atomic E-state index is 12.0. The van der Waals surface area contributed by atoms with Crippen LogP contribution in [-0.2, 0) is 0 Å². The van der Waals surface area contributed by atoms with Crippen LogP contribution in [0.25, 0.3) is 0 Å². The fourth-order valence-electron chi connectivity index (χ4n) is 2.94. The Labute approximate surface area is 139 Å². The van der Waals surface area contributed by atoms with Crippen molar-refractivity contribution in [2.24, 2.45) is 0 Å². The number of amides is 2. The molecule has 126 valence electrons. The number of rotatable bonds is 4. The summed E-state index contributed by atoms with van der Waals surface area (Å²) in [7, 11) is 3.40. The third-order valence-electron chi connectivity index (χ3n) is 4.46. The van der Waals surface area contributed by atoms with Gasteiger partial charge in [0.15, 0.2) is 0 Å². The topological polar surface area (TPSA) is 79.6 Å². The first kappa shape index (κ1) is 14.7. The van der Waals surface area contributed by atoms with Crippen molar-refractivity contribution in [1.29, 1.82) is 0 Å². The second kappa shape index (κ2) is 5.66. The molecule has 4 heterocycles. The molecule has 0 spiro atoms. The highest BCUT2D eigenvalue weighted by molar-refractivity contribution is 5.93. The van der Waals surface area contributed by atoms with E-state index in [0.717, 1.165) is 25.3 Å². The number of carbonyl (C=O) groups is 1. The van der Waals surface area contributed by atoms with Crippen molar-refractivity contribution < 1.29 is 9.53 Å². The molecule has 2 aromatic rings. The van der Waals surface area contributed by atoms with Crippen LogP contribution in [0.2, 0.25) is 0 Å². The highest BCUT2D eigenvalue weighted by atomic mass is 16.5. The number of ether oxygens (including phenoxy) is 1. The Hall–Kier alpha value is -2.84. The van der Waals surface area contributed by atoms with Gasteiger partial charge in [-0.15, -0.1) is 0 Å². The van der Waals surface area contributed by atoms with E-state index in [2.05, 4.69) is 20.0 Å². The van der Waals surface area contributed by atoms with Crippen molar-refractivity contribution in [2.75, 3.05) is 50.1 Å². The van der Waals surface area contributed by atoms with Crippen LogP contribution in [0.5, 0.6) is 5.88 Å². The lowest BCUT2D eigenvalue weighted by molar-refractivity contribution is 0.229. The second-order valence-electron chi connectivity index (χ2n) is 5.99. The van der Waals surface area contributed by atoms with Gasteiger partial charge in [0, 0.05) is 51.7 Å². The standard InChI is InChI=1S/C15H19N7O2/c1-19-5-6-21(15(19)23)11-7-17-22(10-11)12-8-20(9-12)14-16-4-3-13(18-14)24-2/h3-4,7,10,12H,5-6,8-9H2,1-2H3. The van der Waals surface area contributed by atoms with Crippen molar-refractivity contribution in [1.82, 2.24) is 24.6 Å². The van der Waals surface area contributed by atoms with E-state index in [0.29, 0.717) is 18.4 Å². The summed E-state index contributed by atoms with van der Waals surface area (Å²) in [6.45, 7) is 3.01. The minimum Gasteiger partial charge on any atom is -0.481 e. The van der Waals surface area contributed by atoms with Crippen molar-refractivity contribution in [3.05, 3.63) is 24.7 Å². The SMILES string of the molecule is COc1ccnc(N2CC(n3cc(N4CCN(C)C4=O)cn3)C2)n1. The summed E-state index contributed by atoms with van der Waals surface area (Å²) in [6, 6.07) is 2.00. The van der Waals surface area contributed by atoms with Crippen LogP contribution in [0.3, 0.4) is 0 Å². The number of carbonyl (C=O) groups excluding carboxylic acids is 1. The monoisotopic (exact) mass is 329 g/mol. The van der Waals surface area contributed by atoms with E-state index in [-0.39, 0.29) is 12.1 Å². The van der Waals surface area contributed by atoms with Gasteiger partial charge in [-0.3, -0.25) is 9.58 Å². The van der Waals surface area contributed by atoms with Crippen molar-refractivity contribution >= 4 is 17.7 Å². The van der Waals surface area contributed by atoms with Gasteiger partial charge in [-0.25, -0.2) is 9.78 Å². The quantitative estimate of drug-likeness (QED) is 0.818. The molecule has 2 fully saturated rings. The molecular weight excluding hydrogens is 310 g/mol. The number of nitrogens with zero attached hydrogens (tertiary/aromatic N) is 7. The van der Waals surface area contributed by atoms with Gasteiger partial charge in [-0.1, -0.05) is 0 Å². The normalized spacial score (nSPS) is 18.2. The summed E-state index contributed by atoms with van der Waals surface area (Å²) >= 11 is 0. The second-order valence-corrected chi connectivity index (χ2v) is 5.99. The molecular formula is C15H19N7O2. The van der Waals surface area contributed by atoms with Gasteiger partial charge in [0.1, 0.15) is 0 Å². The summed E-state index contributed by atoms with van der Waals surface area (Å²) in [6.07, 6.45) is 5.38. The van der Waals surface area contributed by atoms with Gasteiger partial charge in [0.05, 0.1) is 25.0 Å². The minimum absolute atomic E-state index is 0.0227. The molecule has 2 amide bonds. The Kier molecular flexibility index (Phi) is 3.47. The predicted octanol–water partition coefficient (Wildman–Crippen LogP) is 0.615. The van der Waals surface area contributed by atoms with Gasteiger partial charge < -0.3 is 14.5 Å². The molecule has 0 radical (unpaired) electrons. The van der Waals surface area contributed by atoms with Gasteiger partial charge in [0.25, 0.3) is 0 Å². The Morgan fingerprint density at radius 2 is 2.12 bits per heavy atom. The van der Waals surface area contributed by atoms with Crippen LogP contribution < -0.4 is 14.5 Å². The number of likely N-dealkylation sites (N-methyl/N-ethyl adjacent to an activating group) is 1. The molecule has 0 saturated carbocycles. The van der Waals surface area contributed by atoms with E-state index in [1.807, 2.05) is 17.9 Å². The molecule has 2 aromatic heterocycles. The Balaban J connectivity index is 1.41. The summed E-state index contributed by atoms with van der Waals surface area (Å²) < 4.78 is 7.04. The molecule has 0 atom stereocenters. The molecule has 2 aliphatic rings. The smallest absolute Gasteiger partial charge is 0.324 e. The summed E-state index contributed by atoms with van der Waals surface area (Å²) in [5, 5.41) is 4.42. The Morgan fingerprint density at radius 1 is 1.29 bits per heavy atom. The Morgan fingerprint density at radius 3 is 2.83 bits per heavy atom. The highest BCUT2D eigenvalue weighted by Crippen LogP contribution is 2.27. The summed E-state index contributed by atoms with van der Waals surface area (Å²) in [5.74, 6) is 1.22. The van der Waals surface area contributed by atoms with Gasteiger partial charge >= 0.3 is 6.03 Å². The molecule has 24 heavy (non-hydrogen) atoms. The fourth-order valence-corrected chi connectivity index (χ4v) is 2.94. The van der Waals surface area contributed by atoms with Crippen LogP contribution >= 0.6 is 0 Å². The largest absolute Gasteiger partial charge is 0.481 e. The fraction of sp³-hybridized carbons (Fsp3) is 0.467. The van der Waals surface area contributed by atoms with Crippen molar-refractivity contribution in [3.63, 3.8) is 0 Å². The molecule has 2 aliphatic heterocycles. The van der Waals surface area contributed by atoms with E-state index < -0.39 is 0 Å². The summed E-state index contributed by atoms with van der Waals surface area (Å²) in [4.78, 5) is 26.2. The van der Waals surface area contributed by atoms with Gasteiger partial charge in [0.2, 0.25) is 11.8 Å². The number of anilines is 2. The number of methoxy groups -OCH3 is 1. The molecule has 0 aliphatic carbocycles. The van der Waals surface area contributed by atoms with Gasteiger partial charge in [-0.05, 0) is 0 Å². The number of hydrogen-bond acceptors (Lipinski definition) is 6. The van der Waals surface area contributed by atoms with Crippen LogP contribution in [-0.4, -0.2) is 71.0 Å². The molecule has 9 heteroatoms. The average Bonchev–Trinajstić information content (AvgIpc) is 3.14. The Bertz CT molecular complexity index is 756. The average molecular weight is 329 g/mol. The molecule has 0 N–H and O–H groups in total. The van der Waals surface area contributed by atoms with Crippen molar-refractivity contribution in [3.8, 4) is 5.88 Å². The third-order valence-corrected chi connectivity index (χ3v) is 4.46. The first-order chi connectivity index (χ1) is 11.7. The maximum Gasteiger partial charge on any atom is 0.324 e. The first-order valence-electron chi connectivity index (χ1n) is 7.84. The van der Waals surface area contributed by atoms with Crippen LogP contribution in [0.1, 0.15) is 6.04 Å². The third kappa shape index (κ3) is 2.41.